The third-order valence-corrected chi connectivity index (χ3v) is 4.73. The monoisotopic (exact) mass is 299 g/mol. The van der Waals surface area contributed by atoms with Crippen molar-refractivity contribution in [1.82, 2.24) is 0 Å². The fraction of sp³-hybridized carbons (Fsp3) is 0.235. The minimum Gasteiger partial charge on any atom is -0.469 e. The minimum atomic E-state index is -0.185. The topological polar surface area (TPSA) is 29.5 Å². The van der Waals surface area contributed by atoms with Crippen LogP contribution in [0.25, 0.3) is 0 Å². The van der Waals surface area contributed by atoms with Gasteiger partial charge in [-0.25, -0.2) is 0 Å². The highest BCUT2D eigenvalue weighted by Crippen LogP contribution is 2.48. The first-order chi connectivity index (χ1) is 10.2. The highest BCUT2D eigenvalue weighted by Gasteiger charge is 2.27. The number of rotatable bonds is 3. The van der Waals surface area contributed by atoms with Crippen LogP contribution in [0.1, 0.15) is 13.3 Å². The molecule has 0 spiro atoms. The molecule has 0 amide bonds. The van der Waals surface area contributed by atoms with Crippen LogP contribution in [0.5, 0.6) is 0 Å². The zero-order chi connectivity index (χ0) is 14.8. The molecule has 0 aliphatic carbocycles. The Kier molecular flexibility index (Phi) is 3.88. The average molecular weight is 299 g/mol. The first-order valence-corrected chi connectivity index (χ1v) is 7.74. The summed E-state index contributed by atoms with van der Waals surface area (Å²) in [6.45, 7) is 2.06. The molecule has 2 aromatic carbocycles. The van der Waals surface area contributed by atoms with Crippen molar-refractivity contribution in [3.63, 3.8) is 0 Å². The Hall–Kier alpha value is -1.94. The van der Waals surface area contributed by atoms with Gasteiger partial charge in [-0.1, -0.05) is 36.0 Å². The summed E-state index contributed by atoms with van der Waals surface area (Å²) in [6.07, 6.45) is 0.365. The third kappa shape index (κ3) is 2.63. The van der Waals surface area contributed by atoms with Gasteiger partial charge in [0.25, 0.3) is 0 Å². The van der Waals surface area contributed by atoms with Crippen LogP contribution in [0.2, 0.25) is 0 Å². The van der Waals surface area contributed by atoms with Gasteiger partial charge < -0.3 is 9.64 Å². The van der Waals surface area contributed by atoms with Crippen LogP contribution in [0, 0.1) is 0 Å². The molecular formula is C17H17NO2S. The number of ether oxygens (including phenoxy) is 1. The second-order valence-electron chi connectivity index (χ2n) is 5.04. The van der Waals surface area contributed by atoms with Gasteiger partial charge in [-0.15, -0.1) is 0 Å². The maximum absolute atomic E-state index is 11.6. The van der Waals surface area contributed by atoms with E-state index in [1.165, 1.54) is 16.9 Å². The summed E-state index contributed by atoms with van der Waals surface area (Å²) in [7, 11) is 1.43. The average Bonchev–Trinajstić information content (AvgIpc) is 2.52. The van der Waals surface area contributed by atoms with Gasteiger partial charge in [0.2, 0.25) is 0 Å². The quantitative estimate of drug-likeness (QED) is 0.793. The Morgan fingerprint density at radius 3 is 2.14 bits per heavy atom. The number of fused-ring (bicyclic) bond motifs is 2. The van der Waals surface area contributed by atoms with Crippen molar-refractivity contribution in [3.8, 4) is 0 Å². The predicted molar refractivity (Wildman–Crippen MR) is 85.2 cm³/mol. The number of esters is 1. The molecular weight excluding hydrogens is 282 g/mol. The van der Waals surface area contributed by atoms with Gasteiger partial charge in [0.15, 0.2) is 0 Å². The molecule has 0 fully saturated rings. The van der Waals surface area contributed by atoms with E-state index >= 15 is 0 Å². The van der Waals surface area contributed by atoms with E-state index in [-0.39, 0.29) is 12.0 Å². The predicted octanol–water partition coefficient (Wildman–Crippen LogP) is 4.24. The molecule has 1 atom stereocenters. The first-order valence-electron chi connectivity index (χ1n) is 6.92. The number of para-hydroxylation sites is 2. The van der Waals surface area contributed by atoms with Crippen molar-refractivity contribution in [2.45, 2.75) is 29.2 Å². The number of carbonyl (C=O) groups excluding carboxylic acids is 1. The van der Waals surface area contributed by atoms with E-state index in [9.17, 15) is 4.79 Å². The molecule has 4 heteroatoms. The zero-order valence-electron chi connectivity index (χ0n) is 12.1. The van der Waals surface area contributed by atoms with Crippen molar-refractivity contribution in [3.05, 3.63) is 48.5 Å². The van der Waals surface area contributed by atoms with Crippen LogP contribution in [-0.2, 0) is 9.53 Å². The lowest BCUT2D eigenvalue weighted by atomic mass is 10.1. The molecule has 21 heavy (non-hydrogen) atoms. The van der Waals surface area contributed by atoms with Crippen molar-refractivity contribution < 1.29 is 9.53 Å². The van der Waals surface area contributed by atoms with Crippen LogP contribution in [-0.4, -0.2) is 19.1 Å². The standard InChI is InChI=1S/C17H17NO2S/c1-12(11-17(19)20-2)18-13-7-3-5-9-15(13)21-16-10-6-4-8-14(16)18/h3-10,12H,11H2,1-2H3. The molecule has 3 nitrogen and oxygen atoms in total. The summed E-state index contributed by atoms with van der Waals surface area (Å²) >= 11 is 1.77. The second kappa shape index (κ2) is 5.82. The Bertz CT molecular complexity index is 626. The summed E-state index contributed by atoms with van der Waals surface area (Å²) in [4.78, 5) is 16.3. The normalized spacial score (nSPS) is 14.1. The SMILES string of the molecule is COC(=O)CC(C)N1c2ccccc2Sc2ccccc21. The van der Waals surface area contributed by atoms with E-state index in [1.807, 2.05) is 24.3 Å². The maximum atomic E-state index is 11.6. The molecule has 0 radical (unpaired) electrons. The number of benzene rings is 2. The smallest absolute Gasteiger partial charge is 0.307 e. The Balaban J connectivity index is 2.04. The molecule has 2 aromatic rings. The lowest BCUT2D eigenvalue weighted by Gasteiger charge is -2.36. The molecule has 0 saturated heterocycles. The summed E-state index contributed by atoms with van der Waals surface area (Å²) in [5.41, 5.74) is 2.30. The maximum Gasteiger partial charge on any atom is 0.307 e. The van der Waals surface area contributed by atoms with E-state index in [2.05, 4.69) is 36.1 Å². The summed E-state index contributed by atoms with van der Waals surface area (Å²) in [6, 6.07) is 16.6. The highest BCUT2D eigenvalue weighted by atomic mass is 32.2. The molecule has 0 N–H and O–H groups in total. The van der Waals surface area contributed by atoms with Crippen LogP contribution in [0.3, 0.4) is 0 Å². The minimum absolute atomic E-state index is 0.0423. The number of carbonyl (C=O) groups is 1. The number of hydrogen-bond acceptors (Lipinski definition) is 4. The van der Waals surface area contributed by atoms with Crippen LogP contribution in [0.15, 0.2) is 58.3 Å². The molecule has 108 valence electrons. The number of methoxy groups -OCH3 is 1. The lowest BCUT2D eigenvalue weighted by molar-refractivity contribution is -0.140. The Morgan fingerprint density at radius 1 is 1.10 bits per heavy atom. The highest BCUT2D eigenvalue weighted by molar-refractivity contribution is 7.99. The summed E-state index contributed by atoms with van der Waals surface area (Å²) < 4.78 is 4.82. The fourth-order valence-corrected chi connectivity index (χ4v) is 3.70. The van der Waals surface area contributed by atoms with E-state index in [1.54, 1.807) is 11.8 Å². The van der Waals surface area contributed by atoms with Gasteiger partial charge in [-0.3, -0.25) is 4.79 Å². The molecule has 1 heterocycles. The molecule has 1 unspecified atom stereocenters. The molecule has 1 aliphatic heterocycles. The van der Waals surface area contributed by atoms with Crippen molar-refractivity contribution in [2.24, 2.45) is 0 Å². The summed E-state index contributed by atoms with van der Waals surface area (Å²) in [5, 5.41) is 0. The van der Waals surface area contributed by atoms with Crippen molar-refractivity contribution in [2.75, 3.05) is 12.0 Å². The second-order valence-corrected chi connectivity index (χ2v) is 6.12. The molecule has 0 aromatic heterocycles. The van der Waals surface area contributed by atoms with Gasteiger partial charge in [-0.2, -0.15) is 0 Å². The van der Waals surface area contributed by atoms with Gasteiger partial charge in [0.1, 0.15) is 0 Å². The zero-order valence-corrected chi connectivity index (χ0v) is 12.9. The van der Waals surface area contributed by atoms with Crippen LogP contribution >= 0.6 is 11.8 Å². The van der Waals surface area contributed by atoms with Crippen molar-refractivity contribution >= 4 is 29.1 Å². The molecule has 0 saturated carbocycles. The van der Waals surface area contributed by atoms with Gasteiger partial charge in [-0.05, 0) is 31.2 Å². The Morgan fingerprint density at radius 2 is 1.62 bits per heavy atom. The Labute approximate surface area is 128 Å². The van der Waals surface area contributed by atoms with Crippen molar-refractivity contribution in [1.29, 1.82) is 0 Å². The number of anilines is 2. The van der Waals surface area contributed by atoms with Gasteiger partial charge >= 0.3 is 5.97 Å². The van der Waals surface area contributed by atoms with Gasteiger partial charge in [0.05, 0.1) is 24.9 Å². The molecule has 1 aliphatic rings. The number of nitrogens with zero attached hydrogens (tertiary/aromatic N) is 1. The summed E-state index contributed by atoms with van der Waals surface area (Å²) in [5.74, 6) is -0.185. The largest absolute Gasteiger partial charge is 0.469 e. The molecule has 3 rings (SSSR count). The van der Waals surface area contributed by atoms with Crippen LogP contribution < -0.4 is 4.90 Å². The van der Waals surface area contributed by atoms with E-state index in [0.717, 1.165) is 11.4 Å². The first kappa shape index (κ1) is 14.0. The molecule has 0 bridgehead atoms. The van der Waals surface area contributed by atoms with E-state index in [4.69, 9.17) is 4.74 Å². The van der Waals surface area contributed by atoms with Gasteiger partial charge in [0, 0.05) is 15.8 Å². The fourth-order valence-electron chi connectivity index (χ4n) is 2.62. The number of hydrogen-bond donors (Lipinski definition) is 0. The lowest BCUT2D eigenvalue weighted by Crippen LogP contribution is -2.32. The van der Waals surface area contributed by atoms with E-state index in [0.29, 0.717) is 6.42 Å². The third-order valence-electron chi connectivity index (χ3n) is 3.60. The van der Waals surface area contributed by atoms with Crippen LogP contribution in [0.4, 0.5) is 11.4 Å². The van der Waals surface area contributed by atoms with E-state index < -0.39 is 0 Å².